The zero-order chi connectivity index (χ0) is 14.1. The molecule has 19 heavy (non-hydrogen) atoms. The minimum absolute atomic E-state index is 0.0174. The molecular formula is C15H17BrINO. The van der Waals surface area contributed by atoms with Crippen molar-refractivity contribution in [2.75, 3.05) is 5.33 Å². The third-order valence-electron chi connectivity index (χ3n) is 3.05. The monoisotopic (exact) mass is 433 g/mol. The van der Waals surface area contributed by atoms with Crippen LogP contribution in [0.5, 0.6) is 0 Å². The lowest BCUT2D eigenvalue weighted by molar-refractivity contribution is -0.118. The van der Waals surface area contributed by atoms with Crippen LogP contribution in [0.1, 0.15) is 43.6 Å². The number of alkyl halides is 1. The molecule has 1 rings (SSSR count). The van der Waals surface area contributed by atoms with E-state index in [1.54, 1.807) is 0 Å². The van der Waals surface area contributed by atoms with E-state index in [1.165, 1.54) is 0 Å². The number of nitriles is 1. The summed E-state index contributed by atoms with van der Waals surface area (Å²) in [5.74, 6) is 0.221. The molecule has 4 heteroatoms. The van der Waals surface area contributed by atoms with E-state index in [0.717, 1.165) is 34.8 Å². The number of Topliss-reactive ketones (excluding diaryl/α,β-unsaturated/α-hetero) is 1. The fraction of sp³-hybridized carbons (Fsp3) is 0.467. The predicted octanol–water partition coefficient (Wildman–Crippen LogP) is 4.81. The molecule has 1 atom stereocenters. The number of ketones is 1. The van der Waals surface area contributed by atoms with E-state index in [1.807, 2.05) is 18.2 Å². The highest BCUT2D eigenvalue weighted by Crippen LogP contribution is 2.25. The fourth-order valence-corrected chi connectivity index (χ4v) is 3.02. The van der Waals surface area contributed by atoms with Gasteiger partial charge >= 0.3 is 0 Å². The maximum Gasteiger partial charge on any atom is 0.150 e. The summed E-state index contributed by atoms with van der Waals surface area (Å²) in [6, 6.07) is 10.3. The van der Waals surface area contributed by atoms with Gasteiger partial charge in [0.2, 0.25) is 0 Å². The van der Waals surface area contributed by atoms with Crippen LogP contribution in [0, 0.1) is 14.9 Å². The van der Waals surface area contributed by atoms with Gasteiger partial charge in [-0.15, -0.1) is 0 Å². The molecule has 102 valence electrons. The summed E-state index contributed by atoms with van der Waals surface area (Å²) in [6.45, 7) is 0. The van der Waals surface area contributed by atoms with Gasteiger partial charge < -0.3 is 0 Å². The molecule has 0 amide bonds. The number of carbonyl (C=O) groups excluding carboxylic acids is 1. The van der Waals surface area contributed by atoms with Crippen LogP contribution < -0.4 is 0 Å². The second kappa shape index (κ2) is 9.49. The minimum atomic E-state index is -0.0174. The molecule has 0 bridgehead atoms. The Kier molecular flexibility index (Phi) is 8.31. The Balaban J connectivity index is 2.63. The molecule has 0 heterocycles. The molecule has 0 fully saturated rings. The Morgan fingerprint density at radius 1 is 1.37 bits per heavy atom. The Morgan fingerprint density at radius 3 is 2.79 bits per heavy atom. The molecule has 1 unspecified atom stereocenters. The van der Waals surface area contributed by atoms with Crippen LogP contribution in [0.15, 0.2) is 24.3 Å². The fourth-order valence-electron chi connectivity index (χ4n) is 2.06. The SMILES string of the molecule is N#CCCCCCC(C(=O)CBr)c1cccc(I)c1. The Morgan fingerprint density at radius 2 is 2.16 bits per heavy atom. The molecule has 0 saturated heterocycles. The third-order valence-corrected chi connectivity index (χ3v) is 4.28. The number of hydrogen-bond acceptors (Lipinski definition) is 2. The van der Waals surface area contributed by atoms with Crippen molar-refractivity contribution >= 4 is 44.3 Å². The second-order valence-electron chi connectivity index (χ2n) is 4.46. The van der Waals surface area contributed by atoms with Crippen LogP contribution in [0.3, 0.4) is 0 Å². The molecule has 0 spiro atoms. The van der Waals surface area contributed by atoms with Crippen molar-refractivity contribution in [3.05, 3.63) is 33.4 Å². The summed E-state index contributed by atoms with van der Waals surface area (Å²) in [4.78, 5) is 12.0. The van der Waals surface area contributed by atoms with Crippen LogP contribution in [0.4, 0.5) is 0 Å². The number of unbranched alkanes of at least 4 members (excludes halogenated alkanes) is 3. The van der Waals surface area contributed by atoms with Gasteiger partial charge in [0.1, 0.15) is 0 Å². The van der Waals surface area contributed by atoms with E-state index in [-0.39, 0.29) is 11.7 Å². The first kappa shape index (κ1) is 16.6. The molecule has 0 radical (unpaired) electrons. The van der Waals surface area contributed by atoms with Crippen LogP contribution in [0.2, 0.25) is 0 Å². The first-order valence-electron chi connectivity index (χ1n) is 6.40. The van der Waals surface area contributed by atoms with E-state index < -0.39 is 0 Å². The van der Waals surface area contributed by atoms with Gasteiger partial charge in [0.25, 0.3) is 0 Å². The summed E-state index contributed by atoms with van der Waals surface area (Å²) >= 11 is 5.54. The van der Waals surface area contributed by atoms with Gasteiger partial charge in [-0.1, -0.05) is 40.9 Å². The molecule has 2 nitrogen and oxygen atoms in total. The van der Waals surface area contributed by atoms with Gasteiger partial charge in [0.15, 0.2) is 5.78 Å². The number of hydrogen-bond donors (Lipinski definition) is 0. The van der Waals surface area contributed by atoms with Gasteiger partial charge in [0, 0.05) is 15.9 Å². The van der Waals surface area contributed by atoms with E-state index in [4.69, 9.17) is 5.26 Å². The zero-order valence-electron chi connectivity index (χ0n) is 10.7. The quantitative estimate of drug-likeness (QED) is 0.335. The maximum absolute atomic E-state index is 12.0. The number of rotatable bonds is 8. The predicted molar refractivity (Wildman–Crippen MR) is 89.4 cm³/mol. The van der Waals surface area contributed by atoms with Crippen LogP contribution in [-0.4, -0.2) is 11.1 Å². The van der Waals surface area contributed by atoms with Crippen LogP contribution in [0.25, 0.3) is 0 Å². The van der Waals surface area contributed by atoms with Gasteiger partial charge in [0.05, 0.1) is 11.4 Å². The normalized spacial score (nSPS) is 11.8. The van der Waals surface area contributed by atoms with Crippen molar-refractivity contribution in [2.24, 2.45) is 0 Å². The highest BCUT2D eigenvalue weighted by molar-refractivity contribution is 14.1. The second-order valence-corrected chi connectivity index (χ2v) is 6.27. The van der Waals surface area contributed by atoms with E-state index in [0.29, 0.717) is 11.8 Å². The molecular weight excluding hydrogens is 417 g/mol. The summed E-state index contributed by atoms with van der Waals surface area (Å²) in [5.41, 5.74) is 1.11. The van der Waals surface area contributed by atoms with Crippen molar-refractivity contribution in [3.63, 3.8) is 0 Å². The maximum atomic E-state index is 12.0. The third kappa shape index (κ3) is 6.05. The van der Waals surface area contributed by atoms with E-state index in [2.05, 4.69) is 50.7 Å². The van der Waals surface area contributed by atoms with Crippen molar-refractivity contribution in [1.29, 1.82) is 5.26 Å². The standard InChI is InChI=1S/C15H17BrINO/c16-11-15(19)14(8-3-1-2-4-9-18)12-6-5-7-13(17)10-12/h5-7,10,14H,1-4,8,11H2. The highest BCUT2D eigenvalue weighted by Gasteiger charge is 2.19. The molecule has 0 aromatic heterocycles. The lowest BCUT2D eigenvalue weighted by Crippen LogP contribution is -2.14. The van der Waals surface area contributed by atoms with E-state index >= 15 is 0 Å². The zero-order valence-corrected chi connectivity index (χ0v) is 14.5. The topological polar surface area (TPSA) is 40.9 Å². The lowest BCUT2D eigenvalue weighted by Gasteiger charge is -2.15. The van der Waals surface area contributed by atoms with Crippen LogP contribution in [-0.2, 0) is 4.79 Å². The van der Waals surface area contributed by atoms with Crippen molar-refractivity contribution in [3.8, 4) is 6.07 Å². The van der Waals surface area contributed by atoms with Crippen LogP contribution >= 0.6 is 38.5 Å². The first-order valence-corrected chi connectivity index (χ1v) is 8.60. The lowest BCUT2D eigenvalue weighted by atomic mass is 9.90. The Bertz CT molecular complexity index is 456. The number of halogens is 2. The highest BCUT2D eigenvalue weighted by atomic mass is 127. The summed E-state index contributed by atoms with van der Waals surface area (Å²) in [7, 11) is 0. The largest absolute Gasteiger partial charge is 0.298 e. The molecule has 1 aromatic carbocycles. The molecule has 0 saturated carbocycles. The summed E-state index contributed by atoms with van der Waals surface area (Å²) in [5, 5.41) is 8.90. The minimum Gasteiger partial charge on any atom is -0.298 e. The summed E-state index contributed by atoms with van der Waals surface area (Å²) in [6.07, 6.45) is 4.43. The molecule has 0 N–H and O–H groups in total. The molecule has 0 aliphatic carbocycles. The number of carbonyl (C=O) groups is 1. The average molecular weight is 434 g/mol. The van der Waals surface area contributed by atoms with Gasteiger partial charge in [-0.3, -0.25) is 4.79 Å². The Hall–Kier alpha value is -0.410. The van der Waals surface area contributed by atoms with Crippen molar-refractivity contribution in [1.82, 2.24) is 0 Å². The van der Waals surface area contributed by atoms with Gasteiger partial charge in [-0.2, -0.15) is 5.26 Å². The molecule has 0 aliphatic heterocycles. The first-order chi connectivity index (χ1) is 9.19. The average Bonchev–Trinajstić information content (AvgIpc) is 2.42. The number of benzene rings is 1. The van der Waals surface area contributed by atoms with Gasteiger partial charge in [-0.25, -0.2) is 0 Å². The molecule has 1 aromatic rings. The van der Waals surface area contributed by atoms with Gasteiger partial charge in [-0.05, 0) is 53.1 Å². The van der Waals surface area contributed by atoms with Crippen molar-refractivity contribution < 1.29 is 4.79 Å². The Labute approximate surface area is 136 Å². The smallest absolute Gasteiger partial charge is 0.150 e. The van der Waals surface area contributed by atoms with E-state index in [9.17, 15) is 4.79 Å². The number of nitrogens with zero attached hydrogens (tertiary/aromatic N) is 1. The molecule has 0 aliphatic rings. The summed E-state index contributed by atoms with van der Waals surface area (Å²) < 4.78 is 1.16. The van der Waals surface area contributed by atoms with Crippen molar-refractivity contribution in [2.45, 2.75) is 38.0 Å².